The summed E-state index contributed by atoms with van der Waals surface area (Å²) < 4.78 is 0. The quantitative estimate of drug-likeness (QED) is 0.513. The van der Waals surface area contributed by atoms with Gasteiger partial charge in [0.2, 0.25) is 0 Å². The highest BCUT2D eigenvalue weighted by molar-refractivity contribution is 6.09. The Morgan fingerprint density at radius 2 is 1.81 bits per heavy atom. The van der Waals surface area contributed by atoms with E-state index in [9.17, 15) is 9.59 Å². The van der Waals surface area contributed by atoms with Crippen LogP contribution in [0.1, 0.15) is 28.9 Å². The number of hydrogen-bond donors (Lipinski definition) is 2. The second-order valence-corrected chi connectivity index (χ2v) is 8.02. The van der Waals surface area contributed by atoms with E-state index < -0.39 is 0 Å². The normalized spacial score (nSPS) is 13.5. The van der Waals surface area contributed by atoms with Gasteiger partial charge < -0.3 is 15.2 Å². The Morgan fingerprint density at radius 3 is 2.62 bits per heavy atom. The molecule has 7 heteroatoms. The summed E-state index contributed by atoms with van der Waals surface area (Å²) in [6.45, 7) is 3.57. The second kappa shape index (κ2) is 8.26. The lowest BCUT2D eigenvalue weighted by atomic mass is 10.1. The summed E-state index contributed by atoms with van der Waals surface area (Å²) >= 11 is 0. The number of aryl methyl sites for hydroxylation is 1. The fourth-order valence-electron chi connectivity index (χ4n) is 4.10. The molecule has 5 rings (SSSR count). The molecule has 2 aromatic heterocycles. The first-order valence-electron chi connectivity index (χ1n) is 10.7. The van der Waals surface area contributed by atoms with Crippen molar-refractivity contribution in [1.29, 1.82) is 0 Å². The molecule has 160 valence electrons. The highest BCUT2D eigenvalue weighted by Gasteiger charge is 2.22. The number of nitrogens with zero attached hydrogens (tertiary/aromatic N) is 3. The molecule has 0 atom stereocenters. The van der Waals surface area contributed by atoms with Gasteiger partial charge in [-0.1, -0.05) is 30.3 Å². The number of nitrogens with one attached hydrogen (secondary N) is 2. The number of aromatic amines is 1. The van der Waals surface area contributed by atoms with E-state index in [1.165, 1.54) is 6.07 Å². The van der Waals surface area contributed by atoms with Gasteiger partial charge >= 0.3 is 0 Å². The van der Waals surface area contributed by atoms with Crippen LogP contribution in [0.25, 0.3) is 22.3 Å². The van der Waals surface area contributed by atoms with Crippen molar-refractivity contribution in [2.24, 2.45) is 0 Å². The Hall–Kier alpha value is -4.00. The standard InChI is InChI=1S/C25H23N5O2/c1-16-13-22(31)29-23(26-16)18-8-6-9-19(14-18)27-25(32)20-15-17-7-2-3-10-21(17)28-24(20)30-11-4-5-12-30/h2-3,6-10,13-15H,4-5,11-12H2,1H3,(H,27,32)(H,26,29,31). The lowest BCUT2D eigenvalue weighted by Gasteiger charge is -2.20. The van der Waals surface area contributed by atoms with Gasteiger partial charge in [-0.15, -0.1) is 0 Å². The predicted octanol–water partition coefficient (Wildman–Crippen LogP) is 4.15. The van der Waals surface area contributed by atoms with Crippen molar-refractivity contribution in [2.75, 3.05) is 23.3 Å². The fraction of sp³-hybridized carbons (Fsp3) is 0.200. The maximum absolute atomic E-state index is 13.3. The van der Waals surface area contributed by atoms with Crippen LogP contribution in [0.4, 0.5) is 11.5 Å². The number of hydrogen-bond acceptors (Lipinski definition) is 5. The molecule has 0 spiro atoms. The van der Waals surface area contributed by atoms with E-state index in [1.54, 1.807) is 13.0 Å². The summed E-state index contributed by atoms with van der Waals surface area (Å²) in [5.74, 6) is 0.976. The maximum atomic E-state index is 13.3. The third kappa shape index (κ3) is 3.97. The molecule has 0 bridgehead atoms. The minimum absolute atomic E-state index is 0.209. The number of amides is 1. The Morgan fingerprint density at radius 1 is 1.00 bits per heavy atom. The molecule has 0 saturated carbocycles. The SMILES string of the molecule is Cc1cc(=O)[nH]c(-c2cccc(NC(=O)c3cc4ccccc4nc3N3CCCC3)c2)n1. The average molecular weight is 425 g/mol. The number of aromatic nitrogens is 3. The van der Waals surface area contributed by atoms with Crippen LogP contribution in [-0.2, 0) is 0 Å². The number of carbonyl (C=O) groups excluding carboxylic acids is 1. The zero-order valence-corrected chi connectivity index (χ0v) is 17.8. The Bertz CT molecular complexity index is 1370. The molecule has 2 aromatic carbocycles. The van der Waals surface area contributed by atoms with Gasteiger partial charge in [-0.25, -0.2) is 9.97 Å². The summed E-state index contributed by atoms with van der Waals surface area (Å²) in [6, 6.07) is 18.5. The molecular formula is C25H23N5O2. The average Bonchev–Trinajstić information content (AvgIpc) is 3.32. The largest absolute Gasteiger partial charge is 0.356 e. The van der Waals surface area contributed by atoms with Crippen LogP contribution in [0.15, 0.2) is 65.5 Å². The van der Waals surface area contributed by atoms with Crippen molar-refractivity contribution in [3.05, 3.63) is 82.3 Å². The molecule has 7 nitrogen and oxygen atoms in total. The monoisotopic (exact) mass is 425 g/mol. The molecule has 0 radical (unpaired) electrons. The van der Waals surface area contributed by atoms with E-state index in [-0.39, 0.29) is 11.5 Å². The lowest BCUT2D eigenvalue weighted by Crippen LogP contribution is -2.24. The van der Waals surface area contributed by atoms with E-state index in [0.29, 0.717) is 22.8 Å². The van der Waals surface area contributed by atoms with Gasteiger partial charge in [-0.05, 0) is 44.0 Å². The molecule has 0 unspecified atom stereocenters. The maximum Gasteiger partial charge on any atom is 0.259 e. The molecule has 1 aliphatic heterocycles. The number of carbonyl (C=O) groups is 1. The number of fused-ring (bicyclic) bond motifs is 1. The van der Waals surface area contributed by atoms with Crippen molar-refractivity contribution in [1.82, 2.24) is 15.0 Å². The highest BCUT2D eigenvalue weighted by Crippen LogP contribution is 2.28. The van der Waals surface area contributed by atoms with Crippen molar-refractivity contribution >= 4 is 28.3 Å². The van der Waals surface area contributed by atoms with Crippen LogP contribution >= 0.6 is 0 Å². The van der Waals surface area contributed by atoms with Gasteiger partial charge in [0.1, 0.15) is 11.6 Å². The van der Waals surface area contributed by atoms with Gasteiger partial charge in [0, 0.05) is 41.5 Å². The third-order valence-electron chi connectivity index (χ3n) is 5.62. The van der Waals surface area contributed by atoms with Gasteiger partial charge in [-0.2, -0.15) is 0 Å². The van der Waals surface area contributed by atoms with E-state index >= 15 is 0 Å². The Labute approximate surface area is 185 Å². The number of para-hydroxylation sites is 1. The molecule has 1 aliphatic rings. The minimum atomic E-state index is -0.215. The molecule has 3 heterocycles. The van der Waals surface area contributed by atoms with Crippen LogP contribution in [0.5, 0.6) is 0 Å². The highest BCUT2D eigenvalue weighted by atomic mass is 16.1. The van der Waals surface area contributed by atoms with Crippen molar-refractivity contribution in [3.8, 4) is 11.4 Å². The first kappa shape index (κ1) is 19.9. The smallest absolute Gasteiger partial charge is 0.259 e. The summed E-state index contributed by atoms with van der Waals surface area (Å²) in [4.78, 5) is 39.3. The molecule has 1 fully saturated rings. The summed E-state index contributed by atoms with van der Waals surface area (Å²) in [5, 5.41) is 3.93. The molecule has 1 saturated heterocycles. The van der Waals surface area contributed by atoms with Crippen molar-refractivity contribution in [2.45, 2.75) is 19.8 Å². The number of pyridine rings is 1. The van der Waals surface area contributed by atoms with Gasteiger partial charge in [0.05, 0.1) is 11.1 Å². The molecule has 2 N–H and O–H groups in total. The number of benzene rings is 2. The number of rotatable bonds is 4. The van der Waals surface area contributed by atoms with E-state index in [2.05, 4.69) is 20.2 Å². The Kier molecular flexibility index (Phi) is 5.15. The van der Waals surface area contributed by atoms with Gasteiger partial charge in [-0.3, -0.25) is 9.59 Å². The third-order valence-corrected chi connectivity index (χ3v) is 5.62. The van der Waals surface area contributed by atoms with E-state index in [1.807, 2.05) is 48.5 Å². The molecule has 0 aliphatic carbocycles. The lowest BCUT2D eigenvalue weighted by molar-refractivity contribution is 0.102. The van der Waals surface area contributed by atoms with Gasteiger partial charge in [0.15, 0.2) is 0 Å². The van der Waals surface area contributed by atoms with Crippen LogP contribution in [0, 0.1) is 6.92 Å². The number of anilines is 2. The Balaban J connectivity index is 1.50. The molecule has 32 heavy (non-hydrogen) atoms. The van der Waals surface area contributed by atoms with Crippen LogP contribution < -0.4 is 15.8 Å². The van der Waals surface area contributed by atoms with Crippen molar-refractivity contribution in [3.63, 3.8) is 0 Å². The summed E-state index contributed by atoms with van der Waals surface area (Å²) in [7, 11) is 0. The van der Waals surface area contributed by atoms with E-state index in [0.717, 1.165) is 48.2 Å². The second-order valence-electron chi connectivity index (χ2n) is 8.02. The fourth-order valence-corrected chi connectivity index (χ4v) is 4.10. The van der Waals surface area contributed by atoms with Crippen LogP contribution in [0.3, 0.4) is 0 Å². The zero-order chi connectivity index (χ0) is 22.1. The van der Waals surface area contributed by atoms with E-state index in [4.69, 9.17) is 4.98 Å². The topological polar surface area (TPSA) is 91.0 Å². The molecule has 1 amide bonds. The van der Waals surface area contributed by atoms with Gasteiger partial charge in [0.25, 0.3) is 11.5 Å². The minimum Gasteiger partial charge on any atom is -0.356 e. The van der Waals surface area contributed by atoms with Crippen LogP contribution in [-0.4, -0.2) is 33.9 Å². The van der Waals surface area contributed by atoms with Crippen LogP contribution in [0.2, 0.25) is 0 Å². The molecule has 4 aromatic rings. The van der Waals surface area contributed by atoms with Crippen molar-refractivity contribution < 1.29 is 4.79 Å². The first-order valence-corrected chi connectivity index (χ1v) is 10.7. The summed E-state index contributed by atoms with van der Waals surface area (Å²) in [5.41, 5.74) is 3.20. The number of H-pyrrole nitrogens is 1. The first-order chi connectivity index (χ1) is 15.6. The zero-order valence-electron chi connectivity index (χ0n) is 17.8. The molecular weight excluding hydrogens is 402 g/mol. The predicted molar refractivity (Wildman–Crippen MR) is 126 cm³/mol. The summed E-state index contributed by atoms with van der Waals surface area (Å²) in [6.07, 6.45) is 2.19.